The van der Waals surface area contributed by atoms with E-state index in [0.29, 0.717) is 42.5 Å². The largest absolute Gasteiger partial charge is 0.490 e. The average Bonchev–Trinajstić information content (AvgIpc) is 2.86. The molecule has 8 heteroatoms. The number of nitrogens with zero attached hydrogens (tertiary/aromatic N) is 3. The second-order valence-electron chi connectivity index (χ2n) is 7.19. The van der Waals surface area contributed by atoms with Gasteiger partial charge in [-0.05, 0) is 63.1 Å². The topological polar surface area (TPSA) is 99.0 Å². The highest BCUT2D eigenvalue weighted by Crippen LogP contribution is 2.30. The second kappa shape index (κ2) is 11.6. The minimum absolute atomic E-state index is 0.208. The number of rotatable bonds is 9. The van der Waals surface area contributed by atoms with Gasteiger partial charge in [0.2, 0.25) is 0 Å². The third-order valence-corrected chi connectivity index (χ3v) is 4.90. The molecular formula is C25H27N5O3. The lowest BCUT2D eigenvalue weighted by molar-refractivity contribution is 0.0751. The summed E-state index contributed by atoms with van der Waals surface area (Å²) in [6.07, 6.45) is 6.83. The van der Waals surface area contributed by atoms with Gasteiger partial charge >= 0.3 is 0 Å². The maximum Gasteiger partial charge on any atom is 0.274 e. The molecule has 1 aliphatic heterocycles. The molecule has 33 heavy (non-hydrogen) atoms. The van der Waals surface area contributed by atoms with Gasteiger partial charge in [-0.2, -0.15) is 10.4 Å². The van der Waals surface area contributed by atoms with Gasteiger partial charge in [-0.15, -0.1) is 6.42 Å². The molecule has 0 saturated carbocycles. The van der Waals surface area contributed by atoms with Crippen LogP contribution < -0.4 is 20.3 Å². The number of hydrazone groups is 1. The van der Waals surface area contributed by atoms with Crippen molar-refractivity contribution in [1.29, 1.82) is 5.26 Å². The summed E-state index contributed by atoms with van der Waals surface area (Å²) in [5, 5.41) is 15.1. The lowest BCUT2D eigenvalue weighted by atomic mass is 10.0. The number of hydrogen-bond acceptors (Lipinski definition) is 7. The number of benzene rings is 2. The molecule has 1 unspecified atom stereocenters. The summed E-state index contributed by atoms with van der Waals surface area (Å²) in [5.74, 6) is 3.45. The molecule has 0 fully saturated rings. The molecule has 0 bridgehead atoms. The fourth-order valence-corrected chi connectivity index (χ4v) is 3.37. The van der Waals surface area contributed by atoms with Crippen molar-refractivity contribution in [2.45, 2.75) is 32.7 Å². The molecule has 0 aliphatic carbocycles. The van der Waals surface area contributed by atoms with Crippen LogP contribution in [0.1, 0.15) is 42.6 Å². The molecule has 2 aromatic rings. The Hall–Kier alpha value is -4.01. The number of anilines is 1. The maximum atomic E-state index is 13.1. The van der Waals surface area contributed by atoms with Crippen LogP contribution in [0.3, 0.4) is 0 Å². The lowest BCUT2D eigenvalue weighted by Gasteiger charge is -2.24. The highest BCUT2D eigenvalue weighted by molar-refractivity contribution is 6.03. The van der Waals surface area contributed by atoms with Crippen molar-refractivity contribution in [2.24, 2.45) is 5.10 Å². The van der Waals surface area contributed by atoms with Gasteiger partial charge in [0, 0.05) is 23.4 Å². The Bertz CT molecular complexity index is 1090. The number of terminal acetylenes is 1. The van der Waals surface area contributed by atoms with E-state index in [1.807, 2.05) is 38.1 Å². The molecule has 0 spiro atoms. The predicted molar refractivity (Wildman–Crippen MR) is 127 cm³/mol. The standard InChI is InChI=1S/C25H27N5O3/c1-4-20(17-26)27-28-21-10-7-9-19(15-21)25(31)30-14-8-11-22(29-30)18-12-13-23(32-5-2)24(16-18)33-6-3/h1,7,9-10,12-13,15-16,20,27-28H,5-6,8,11,14H2,2-3H3. The number of carbonyl (C=O) groups is 1. The normalized spacial score (nSPS) is 13.8. The fraction of sp³-hybridized carbons (Fsp3) is 0.320. The van der Waals surface area contributed by atoms with Gasteiger partial charge in [-0.25, -0.2) is 10.4 Å². The van der Waals surface area contributed by atoms with Crippen LogP contribution in [0.15, 0.2) is 47.6 Å². The molecule has 0 saturated heterocycles. The molecule has 1 aliphatic rings. The summed E-state index contributed by atoms with van der Waals surface area (Å²) in [6.45, 7) is 5.45. The SMILES string of the molecule is C#CC(C#N)NNc1cccc(C(=O)N2CCCC(c3ccc(OCC)c(OCC)c3)=N2)c1. The Morgan fingerprint density at radius 3 is 2.73 bits per heavy atom. The van der Waals surface area contributed by atoms with Gasteiger partial charge in [0.05, 0.1) is 25.0 Å². The van der Waals surface area contributed by atoms with E-state index in [9.17, 15) is 4.79 Å². The van der Waals surface area contributed by atoms with E-state index < -0.39 is 6.04 Å². The summed E-state index contributed by atoms with van der Waals surface area (Å²) in [5.41, 5.74) is 8.39. The number of hydrogen-bond donors (Lipinski definition) is 2. The molecular weight excluding hydrogens is 418 g/mol. The van der Waals surface area contributed by atoms with Crippen molar-refractivity contribution >= 4 is 17.3 Å². The predicted octanol–water partition coefficient (Wildman–Crippen LogP) is 3.57. The van der Waals surface area contributed by atoms with Gasteiger partial charge in [-0.1, -0.05) is 12.0 Å². The van der Waals surface area contributed by atoms with Crippen molar-refractivity contribution in [3.63, 3.8) is 0 Å². The van der Waals surface area contributed by atoms with E-state index in [1.54, 1.807) is 24.3 Å². The van der Waals surface area contributed by atoms with Crippen molar-refractivity contribution in [3.8, 4) is 29.9 Å². The van der Waals surface area contributed by atoms with Crippen molar-refractivity contribution < 1.29 is 14.3 Å². The van der Waals surface area contributed by atoms with Gasteiger partial charge < -0.3 is 14.9 Å². The Labute approximate surface area is 194 Å². The summed E-state index contributed by atoms with van der Waals surface area (Å²) in [6, 6.07) is 13.8. The zero-order chi connectivity index (χ0) is 23.6. The molecule has 2 aromatic carbocycles. The van der Waals surface area contributed by atoms with Gasteiger partial charge in [0.25, 0.3) is 5.91 Å². The van der Waals surface area contributed by atoms with E-state index in [4.69, 9.17) is 21.2 Å². The highest BCUT2D eigenvalue weighted by atomic mass is 16.5. The minimum Gasteiger partial charge on any atom is -0.490 e. The van der Waals surface area contributed by atoms with Crippen LogP contribution in [-0.2, 0) is 0 Å². The molecule has 1 amide bonds. The second-order valence-corrected chi connectivity index (χ2v) is 7.19. The Balaban J connectivity index is 1.79. The highest BCUT2D eigenvalue weighted by Gasteiger charge is 2.22. The molecule has 2 N–H and O–H groups in total. The van der Waals surface area contributed by atoms with Crippen molar-refractivity contribution in [1.82, 2.24) is 10.4 Å². The van der Waals surface area contributed by atoms with Gasteiger partial charge in [0.15, 0.2) is 17.5 Å². The Morgan fingerprint density at radius 1 is 1.21 bits per heavy atom. The molecule has 8 nitrogen and oxygen atoms in total. The third kappa shape index (κ3) is 6.03. The van der Waals surface area contributed by atoms with Crippen LogP contribution in [0.4, 0.5) is 5.69 Å². The zero-order valence-corrected chi connectivity index (χ0v) is 18.8. The molecule has 170 valence electrons. The van der Waals surface area contributed by atoms with E-state index in [-0.39, 0.29) is 5.91 Å². The van der Waals surface area contributed by atoms with Crippen LogP contribution in [0, 0.1) is 23.7 Å². The average molecular weight is 446 g/mol. The first-order valence-electron chi connectivity index (χ1n) is 10.9. The molecule has 1 atom stereocenters. The van der Waals surface area contributed by atoms with Crippen molar-refractivity contribution in [3.05, 3.63) is 53.6 Å². The van der Waals surface area contributed by atoms with Gasteiger partial charge in [-0.3, -0.25) is 4.79 Å². The lowest BCUT2D eigenvalue weighted by Crippen LogP contribution is -2.33. The first-order chi connectivity index (χ1) is 16.1. The van der Waals surface area contributed by atoms with Crippen LogP contribution in [0.2, 0.25) is 0 Å². The Morgan fingerprint density at radius 2 is 2.00 bits per heavy atom. The first-order valence-corrected chi connectivity index (χ1v) is 10.9. The van der Waals surface area contributed by atoms with Crippen LogP contribution in [0.5, 0.6) is 11.5 Å². The summed E-state index contributed by atoms with van der Waals surface area (Å²) in [4.78, 5) is 13.1. The number of amides is 1. The number of nitrogens with one attached hydrogen (secondary N) is 2. The number of nitriles is 1. The Kier molecular flexibility index (Phi) is 8.29. The molecule has 0 radical (unpaired) electrons. The van der Waals surface area contributed by atoms with Crippen molar-refractivity contribution in [2.75, 3.05) is 25.2 Å². The molecule has 3 rings (SSSR count). The quantitative estimate of drug-likeness (QED) is 0.452. The zero-order valence-electron chi connectivity index (χ0n) is 18.8. The first kappa shape index (κ1) is 23.6. The number of hydrazine groups is 1. The van der Waals surface area contributed by atoms with E-state index in [2.05, 4.69) is 21.9 Å². The van der Waals surface area contributed by atoms with Crippen LogP contribution in [0.25, 0.3) is 0 Å². The smallest absolute Gasteiger partial charge is 0.274 e. The van der Waals surface area contributed by atoms with E-state index in [0.717, 1.165) is 24.1 Å². The number of carbonyl (C=O) groups excluding carboxylic acids is 1. The molecule has 1 heterocycles. The number of ether oxygens (including phenoxy) is 2. The molecule has 0 aromatic heterocycles. The summed E-state index contributed by atoms with van der Waals surface area (Å²) in [7, 11) is 0. The minimum atomic E-state index is -0.783. The van der Waals surface area contributed by atoms with E-state index >= 15 is 0 Å². The third-order valence-electron chi connectivity index (χ3n) is 4.90. The van der Waals surface area contributed by atoms with Gasteiger partial charge in [0.1, 0.15) is 0 Å². The summed E-state index contributed by atoms with van der Waals surface area (Å²) < 4.78 is 11.4. The van der Waals surface area contributed by atoms with E-state index in [1.165, 1.54) is 5.01 Å². The maximum absolute atomic E-state index is 13.1. The monoisotopic (exact) mass is 445 g/mol. The fourth-order valence-electron chi connectivity index (χ4n) is 3.37. The summed E-state index contributed by atoms with van der Waals surface area (Å²) >= 11 is 0. The van der Waals surface area contributed by atoms with Crippen LogP contribution in [-0.4, -0.2) is 42.4 Å². The van der Waals surface area contributed by atoms with Crippen LogP contribution >= 0.6 is 0 Å².